The Morgan fingerprint density at radius 3 is 2.67 bits per heavy atom. The van der Waals surface area contributed by atoms with Crippen molar-refractivity contribution >= 4 is 23.5 Å². The monoisotopic (exact) mass is 268 g/mol. The van der Waals surface area contributed by atoms with E-state index in [4.69, 9.17) is 16.3 Å². The average Bonchev–Trinajstić information content (AvgIpc) is 2.23. The van der Waals surface area contributed by atoms with E-state index in [0.29, 0.717) is 10.6 Å². The van der Waals surface area contributed by atoms with Gasteiger partial charge in [-0.1, -0.05) is 17.7 Å². The molecule has 1 N–H and O–H groups in total. The maximum Gasteiger partial charge on any atom is 0.325 e. The molecule has 1 aromatic carbocycles. The number of esters is 1. The molecule has 0 aliphatic heterocycles. The molecule has 0 unspecified atom stereocenters. The lowest BCUT2D eigenvalue weighted by Gasteiger charge is -2.19. The summed E-state index contributed by atoms with van der Waals surface area (Å²) < 4.78 is 5.06. The minimum absolute atomic E-state index is 0.174. The molecule has 0 aliphatic carbocycles. The Labute approximate surface area is 111 Å². The highest BCUT2D eigenvalue weighted by Gasteiger charge is 2.17. The zero-order chi connectivity index (χ0) is 13.8. The summed E-state index contributed by atoms with van der Waals surface area (Å²) in [6.07, 6.45) is 0. The number of benzene rings is 1. The first-order chi connectivity index (χ1) is 8.28. The molecule has 18 heavy (non-hydrogen) atoms. The van der Waals surface area contributed by atoms with E-state index in [1.54, 1.807) is 32.9 Å². The van der Waals surface area contributed by atoms with Gasteiger partial charge >= 0.3 is 5.97 Å². The van der Waals surface area contributed by atoms with Crippen LogP contribution in [0.3, 0.4) is 0 Å². The maximum absolute atomic E-state index is 11.7. The van der Waals surface area contributed by atoms with E-state index in [-0.39, 0.29) is 12.5 Å². The van der Waals surface area contributed by atoms with Gasteiger partial charge in [-0.3, -0.25) is 9.59 Å². The van der Waals surface area contributed by atoms with E-state index >= 15 is 0 Å². The second kappa shape index (κ2) is 5.87. The SMILES string of the molecule is CC(C)(C)OC(=O)CNC(=O)c1cc[c]c(Cl)c1. The summed E-state index contributed by atoms with van der Waals surface area (Å²) in [4.78, 5) is 23.1. The number of hydrogen-bond donors (Lipinski definition) is 1. The standard InChI is InChI=1S/C13H15ClNO3/c1-13(2,3)18-11(16)8-15-12(17)9-5-4-6-10(14)7-9/h4-5,7H,8H2,1-3H3,(H,15,17). The van der Waals surface area contributed by atoms with Crippen LogP contribution in [0.1, 0.15) is 31.1 Å². The van der Waals surface area contributed by atoms with Gasteiger partial charge in [-0.15, -0.1) is 0 Å². The summed E-state index contributed by atoms with van der Waals surface area (Å²) in [5.41, 5.74) is -0.186. The average molecular weight is 269 g/mol. The quantitative estimate of drug-likeness (QED) is 0.855. The molecule has 0 saturated heterocycles. The third kappa shape index (κ3) is 5.19. The Hall–Kier alpha value is -1.55. The van der Waals surface area contributed by atoms with Crippen molar-refractivity contribution in [3.05, 3.63) is 34.9 Å². The minimum atomic E-state index is -0.563. The van der Waals surface area contributed by atoms with Gasteiger partial charge in [0.25, 0.3) is 5.91 Å². The molecule has 1 radical (unpaired) electrons. The molecule has 0 bridgehead atoms. The van der Waals surface area contributed by atoms with Crippen LogP contribution in [0.4, 0.5) is 0 Å². The smallest absolute Gasteiger partial charge is 0.325 e. The van der Waals surface area contributed by atoms with Gasteiger partial charge in [0.2, 0.25) is 0 Å². The van der Waals surface area contributed by atoms with Crippen molar-refractivity contribution in [1.29, 1.82) is 0 Å². The van der Waals surface area contributed by atoms with Crippen LogP contribution >= 0.6 is 11.6 Å². The highest BCUT2D eigenvalue weighted by molar-refractivity contribution is 6.30. The van der Waals surface area contributed by atoms with Crippen molar-refractivity contribution in [2.45, 2.75) is 26.4 Å². The number of ether oxygens (including phenoxy) is 1. The number of rotatable bonds is 3. The van der Waals surface area contributed by atoms with Crippen LogP contribution in [-0.4, -0.2) is 24.0 Å². The molecule has 5 heteroatoms. The van der Waals surface area contributed by atoms with Gasteiger partial charge in [0.15, 0.2) is 0 Å². The Bertz CT molecular complexity index is 452. The van der Waals surface area contributed by atoms with Gasteiger partial charge in [0, 0.05) is 16.7 Å². The predicted octanol–water partition coefficient (Wildman–Crippen LogP) is 2.21. The number of carbonyl (C=O) groups excluding carboxylic acids is 2. The van der Waals surface area contributed by atoms with Crippen molar-refractivity contribution in [2.24, 2.45) is 0 Å². The minimum Gasteiger partial charge on any atom is -0.459 e. The first kappa shape index (κ1) is 14.5. The van der Waals surface area contributed by atoms with Crippen LogP contribution in [-0.2, 0) is 9.53 Å². The van der Waals surface area contributed by atoms with E-state index in [2.05, 4.69) is 11.4 Å². The molecule has 0 heterocycles. The fraction of sp³-hybridized carbons (Fsp3) is 0.385. The van der Waals surface area contributed by atoms with Crippen LogP contribution < -0.4 is 5.32 Å². The van der Waals surface area contributed by atoms with Crippen LogP contribution in [0.15, 0.2) is 18.2 Å². The van der Waals surface area contributed by atoms with Crippen LogP contribution in [0, 0.1) is 6.07 Å². The number of nitrogens with one attached hydrogen (secondary N) is 1. The van der Waals surface area contributed by atoms with Crippen LogP contribution in [0.25, 0.3) is 0 Å². The Morgan fingerprint density at radius 1 is 1.44 bits per heavy atom. The molecular formula is C13H15ClNO3. The topological polar surface area (TPSA) is 55.4 Å². The molecule has 0 spiro atoms. The zero-order valence-electron chi connectivity index (χ0n) is 10.5. The fourth-order valence-corrected chi connectivity index (χ4v) is 1.39. The normalized spacial score (nSPS) is 10.9. The number of amides is 1. The number of carbonyl (C=O) groups is 2. The summed E-state index contributed by atoms with van der Waals surface area (Å²) in [5.74, 6) is -0.860. The molecule has 0 atom stereocenters. The number of hydrogen-bond acceptors (Lipinski definition) is 3. The molecule has 97 valence electrons. The molecule has 0 saturated carbocycles. The van der Waals surface area contributed by atoms with Crippen molar-refractivity contribution in [2.75, 3.05) is 6.54 Å². The fourth-order valence-electron chi connectivity index (χ4n) is 1.21. The summed E-state index contributed by atoms with van der Waals surface area (Å²) in [5, 5.41) is 2.81. The summed E-state index contributed by atoms with van der Waals surface area (Å²) in [6.45, 7) is 5.12. The molecule has 1 aromatic rings. The first-order valence-corrected chi connectivity index (χ1v) is 5.83. The molecule has 0 aliphatic rings. The number of halogens is 1. The van der Waals surface area contributed by atoms with E-state index in [0.717, 1.165) is 0 Å². The van der Waals surface area contributed by atoms with Gasteiger partial charge in [0.05, 0.1) is 0 Å². The first-order valence-electron chi connectivity index (χ1n) is 5.45. The second-order valence-electron chi connectivity index (χ2n) is 4.69. The zero-order valence-corrected chi connectivity index (χ0v) is 11.3. The Kier molecular flexibility index (Phi) is 4.73. The lowest BCUT2D eigenvalue weighted by molar-refractivity contribution is -0.153. The molecule has 0 fully saturated rings. The third-order valence-corrected chi connectivity index (χ3v) is 2.06. The van der Waals surface area contributed by atoms with E-state index in [1.165, 1.54) is 6.07 Å². The largest absolute Gasteiger partial charge is 0.459 e. The van der Waals surface area contributed by atoms with Crippen LogP contribution in [0.2, 0.25) is 5.02 Å². The van der Waals surface area contributed by atoms with Crippen molar-refractivity contribution in [3.8, 4) is 0 Å². The van der Waals surface area contributed by atoms with Crippen molar-refractivity contribution in [3.63, 3.8) is 0 Å². The van der Waals surface area contributed by atoms with Crippen LogP contribution in [0.5, 0.6) is 0 Å². The van der Waals surface area contributed by atoms with E-state index in [1.807, 2.05) is 0 Å². The van der Waals surface area contributed by atoms with E-state index in [9.17, 15) is 9.59 Å². The van der Waals surface area contributed by atoms with Gasteiger partial charge in [-0.05, 0) is 32.9 Å². The van der Waals surface area contributed by atoms with Gasteiger partial charge in [-0.2, -0.15) is 0 Å². The summed E-state index contributed by atoms with van der Waals surface area (Å²) >= 11 is 5.71. The van der Waals surface area contributed by atoms with Gasteiger partial charge in [0.1, 0.15) is 12.1 Å². The maximum atomic E-state index is 11.7. The molecule has 0 aromatic heterocycles. The lowest BCUT2D eigenvalue weighted by atomic mass is 10.2. The molecule has 1 rings (SSSR count). The summed E-state index contributed by atoms with van der Waals surface area (Å²) in [7, 11) is 0. The lowest BCUT2D eigenvalue weighted by Crippen LogP contribution is -2.34. The highest BCUT2D eigenvalue weighted by Crippen LogP contribution is 2.10. The Morgan fingerprint density at radius 2 is 2.11 bits per heavy atom. The Balaban J connectivity index is 2.49. The molecule has 1 amide bonds. The second-order valence-corrected chi connectivity index (χ2v) is 5.10. The third-order valence-electron chi connectivity index (χ3n) is 1.84. The van der Waals surface area contributed by atoms with Gasteiger partial charge in [-0.25, -0.2) is 0 Å². The van der Waals surface area contributed by atoms with E-state index < -0.39 is 11.6 Å². The van der Waals surface area contributed by atoms with Gasteiger partial charge < -0.3 is 10.1 Å². The van der Waals surface area contributed by atoms with Crippen molar-refractivity contribution in [1.82, 2.24) is 5.32 Å². The summed E-state index contributed by atoms with van der Waals surface area (Å²) in [6, 6.07) is 7.31. The molecular weight excluding hydrogens is 254 g/mol. The predicted molar refractivity (Wildman–Crippen MR) is 68.5 cm³/mol. The highest BCUT2D eigenvalue weighted by atomic mass is 35.5. The van der Waals surface area contributed by atoms with Crippen molar-refractivity contribution < 1.29 is 14.3 Å². The molecule has 4 nitrogen and oxygen atoms in total.